The Labute approximate surface area is 542 Å². The van der Waals surface area contributed by atoms with Gasteiger partial charge >= 0.3 is 0 Å². The quantitative estimate of drug-likeness (QED) is 0.112. The molecule has 0 N–H and O–H groups in total. The summed E-state index contributed by atoms with van der Waals surface area (Å²) in [5.41, 5.74) is 26.0. The van der Waals surface area contributed by atoms with Crippen molar-refractivity contribution in [3.05, 3.63) is 334 Å². The SMILES string of the molecule is Cc1cc(-c2ccccc2)cc(C)c1-c1cc[c-]c(N2[CH-]N(C)c3ccccc32)c1.[Pt].[c-]1ccccc1-c1cc(-c2ccc3c(c2)[Si]2(c4ccccc4-c4ccccc42)c2ccccc2-3)n[n-]1.[c-]1ccccc1-n1cc(-c2ccc(-c3ccccc3)cc2)cn1. The van der Waals surface area contributed by atoms with Gasteiger partial charge in [-0.05, 0) is 132 Å². The van der Waals surface area contributed by atoms with E-state index in [-0.39, 0.29) is 21.1 Å². The fourth-order valence-corrected chi connectivity index (χ4v) is 19.1. The number of aryl methyl sites for hydroxylation is 2. The van der Waals surface area contributed by atoms with E-state index in [1.165, 1.54) is 98.9 Å². The van der Waals surface area contributed by atoms with Gasteiger partial charge < -0.3 is 20.0 Å². The zero-order valence-corrected chi connectivity index (χ0v) is 53.1. The maximum Gasteiger partial charge on any atom is 0.182 e. The van der Waals surface area contributed by atoms with Crippen molar-refractivity contribution in [2.75, 3.05) is 16.8 Å². The minimum absolute atomic E-state index is 0. The van der Waals surface area contributed by atoms with Gasteiger partial charge in [0.2, 0.25) is 0 Å². The van der Waals surface area contributed by atoms with Crippen molar-refractivity contribution >= 4 is 45.9 Å². The van der Waals surface area contributed by atoms with E-state index in [4.69, 9.17) is 0 Å². The largest absolute Gasteiger partial charge is 0.618 e. The number of hydrogen-bond donors (Lipinski definition) is 0. The van der Waals surface area contributed by atoms with Crippen LogP contribution in [0, 0.1) is 38.7 Å². The molecule has 0 radical (unpaired) electrons. The Bertz CT molecular complexity index is 4780. The molecule has 1 spiro atoms. The van der Waals surface area contributed by atoms with Crippen LogP contribution in [-0.2, 0) is 21.1 Å². The standard InChI is InChI=1S/C33H20N2Si.C28H24N2.C21H15N2.Pt/c1-2-10-22(11-3-1)28-21-29(35-34-28)23-18-19-27-26-14-6-9-17-32(26)36(33(27)20-23)30-15-7-4-12-24(30)25-13-5-8-16-31(25)36;1-20-16-24(22-10-5-4-6-11-22)17-21(2)28(20)23-12-9-13-25(18-23)30-19-29(3)26-14-7-8-15-27(26)30;1-3-7-17(8-4-1)18-11-13-19(14-12-18)20-15-22-23(16-20)21-9-5-2-6-10-21;/h1-10,12-21H;4-12,14-19H,1-3H3;1-9,11-16H;/q2*-2;-1;. The summed E-state index contributed by atoms with van der Waals surface area (Å²) in [4.78, 5) is 4.36. The third kappa shape index (κ3) is 10.5. The summed E-state index contributed by atoms with van der Waals surface area (Å²) < 4.78 is 1.85. The van der Waals surface area contributed by atoms with Crippen LogP contribution >= 0.6 is 0 Å². The molecular weight excluding hydrogens is 1290 g/mol. The van der Waals surface area contributed by atoms with Crippen LogP contribution in [0.2, 0.25) is 0 Å². The van der Waals surface area contributed by atoms with E-state index in [9.17, 15) is 0 Å². The zero-order chi connectivity index (χ0) is 59.8. The second kappa shape index (κ2) is 24.6. The van der Waals surface area contributed by atoms with E-state index in [1.54, 1.807) is 0 Å². The molecule has 2 aromatic heterocycles. The van der Waals surface area contributed by atoms with Crippen molar-refractivity contribution in [3.63, 3.8) is 0 Å². The van der Waals surface area contributed by atoms with E-state index in [0.717, 1.165) is 45.0 Å². The van der Waals surface area contributed by atoms with Crippen molar-refractivity contribution in [1.29, 1.82) is 0 Å². The van der Waals surface area contributed by atoms with Gasteiger partial charge in [0, 0.05) is 49.9 Å². The molecule has 0 saturated heterocycles. The Kier molecular flexibility index (Phi) is 15.7. The van der Waals surface area contributed by atoms with E-state index in [1.807, 2.05) is 77.7 Å². The van der Waals surface area contributed by atoms with Gasteiger partial charge in [-0.2, -0.15) is 59.8 Å². The van der Waals surface area contributed by atoms with Crippen molar-refractivity contribution in [3.8, 4) is 95.0 Å². The van der Waals surface area contributed by atoms with Gasteiger partial charge in [-0.25, -0.2) is 5.69 Å². The Morgan fingerprint density at radius 1 is 0.411 bits per heavy atom. The Morgan fingerprint density at radius 3 is 1.56 bits per heavy atom. The first kappa shape index (κ1) is 57.3. The number of hydrogen-bond acceptors (Lipinski definition) is 4. The molecule has 5 heterocycles. The van der Waals surface area contributed by atoms with Gasteiger partial charge in [-0.15, -0.1) is 53.7 Å². The molecule has 436 valence electrons. The van der Waals surface area contributed by atoms with Crippen LogP contribution in [0.1, 0.15) is 11.1 Å². The number of nitrogens with zero attached hydrogens (tertiary/aromatic N) is 6. The predicted octanol–water partition coefficient (Wildman–Crippen LogP) is 16.7. The van der Waals surface area contributed by atoms with Crippen LogP contribution in [0.5, 0.6) is 0 Å². The van der Waals surface area contributed by atoms with Crippen molar-refractivity contribution in [2.24, 2.45) is 0 Å². The van der Waals surface area contributed by atoms with Crippen LogP contribution in [0.25, 0.3) is 95.0 Å². The van der Waals surface area contributed by atoms with Gasteiger partial charge in [0.1, 0.15) is 0 Å². The first-order valence-corrected chi connectivity index (χ1v) is 32.1. The summed E-state index contributed by atoms with van der Waals surface area (Å²) in [6, 6.07) is 111. The molecule has 14 aromatic rings. The summed E-state index contributed by atoms with van der Waals surface area (Å²) in [5, 5.41) is 19.4. The predicted molar refractivity (Wildman–Crippen MR) is 369 cm³/mol. The topological polar surface area (TPSA) is 51.3 Å². The Balaban J connectivity index is 0.000000120. The molecule has 0 bridgehead atoms. The molecule has 3 aliphatic rings. The molecule has 0 atom stereocenters. The molecular formula is C82H59N6PtSi-5. The molecule has 0 aliphatic carbocycles. The van der Waals surface area contributed by atoms with Gasteiger partial charge in [-0.1, -0.05) is 206 Å². The zero-order valence-electron chi connectivity index (χ0n) is 49.9. The average molecular weight is 1350 g/mol. The van der Waals surface area contributed by atoms with Gasteiger partial charge in [0.05, 0.1) is 6.20 Å². The summed E-state index contributed by atoms with van der Waals surface area (Å²) >= 11 is 0. The van der Waals surface area contributed by atoms with E-state index < -0.39 is 8.07 Å². The van der Waals surface area contributed by atoms with Crippen LogP contribution in [-0.4, -0.2) is 30.0 Å². The number of benzene rings is 12. The van der Waals surface area contributed by atoms with Crippen LogP contribution in [0.15, 0.2) is 298 Å². The normalized spacial score (nSPS) is 12.5. The van der Waals surface area contributed by atoms with Crippen molar-refractivity contribution in [2.45, 2.75) is 13.8 Å². The molecule has 0 unspecified atom stereocenters. The van der Waals surface area contributed by atoms with Crippen LogP contribution < -0.4 is 35.6 Å². The first-order valence-electron chi connectivity index (χ1n) is 30.1. The van der Waals surface area contributed by atoms with E-state index in [2.05, 4.69) is 295 Å². The molecule has 0 saturated carbocycles. The smallest absolute Gasteiger partial charge is 0.182 e. The summed E-state index contributed by atoms with van der Waals surface area (Å²) in [6.07, 6.45) is 3.92. The van der Waals surface area contributed by atoms with Crippen molar-refractivity contribution < 1.29 is 21.1 Å². The monoisotopic (exact) mass is 1350 g/mol. The molecule has 8 heteroatoms. The Morgan fingerprint density at radius 2 is 0.933 bits per heavy atom. The van der Waals surface area contributed by atoms with Crippen LogP contribution in [0.3, 0.4) is 0 Å². The third-order valence-electron chi connectivity index (χ3n) is 17.4. The molecule has 6 nitrogen and oxygen atoms in total. The van der Waals surface area contributed by atoms with Gasteiger partial charge in [0.15, 0.2) is 8.07 Å². The minimum Gasteiger partial charge on any atom is -0.618 e. The maximum absolute atomic E-state index is 4.59. The van der Waals surface area contributed by atoms with E-state index >= 15 is 0 Å². The Hall–Kier alpha value is -10.4. The first-order chi connectivity index (χ1) is 43.9. The second-order valence-corrected chi connectivity index (χ2v) is 26.5. The number of fused-ring (bicyclic) bond motifs is 11. The minimum atomic E-state index is -2.43. The molecule has 12 aromatic carbocycles. The molecule has 0 fully saturated rings. The van der Waals surface area contributed by atoms with Crippen molar-refractivity contribution in [1.82, 2.24) is 20.0 Å². The van der Waals surface area contributed by atoms with Gasteiger partial charge in [0.25, 0.3) is 0 Å². The maximum atomic E-state index is 4.59. The molecule has 3 aliphatic heterocycles. The summed E-state index contributed by atoms with van der Waals surface area (Å²) in [7, 11) is -0.345. The summed E-state index contributed by atoms with van der Waals surface area (Å²) in [5.74, 6) is 0. The summed E-state index contributed by atoms with van der Waals surface area (Å²) in [6.45, 7) is 6.53. The number of anilines is 3. The van der Waals surface area contributed by atoms with E-state index in [0.29, 0.717) is 0 Å². The molecule has 17 rings (SSSR count). The molecule has 90 heavy (non-hydrogen) atoms. The number of para-hydroxylation sites is 3. The number of aromatic nitrogens is 4. The van der Waals surface area contributed by atoms with Crippen LogP contribution in [0.4, 0.5) is 17.1 Å². The van der Waals surface area contributed by atoms with Gasteiger partial charge in [-0.3, -0.25) is 4.68 Å². The average Bonchev–Trinajstić information content (AvgIpc) is 1.54. The number of rotatable bonds is 8. The second-order valence-electron chi connectivity index (χ2n) is 22.8. The fourth-order valence-electron chi connectivity index (χ4n) is 13.4. The molecule has 0 amide bonds. The fraction of sp³-hybridized carbons (Fsp3) is 0.0366. The third-order valence-corrected chi connectivity index (χ3v) is 22.4.